The van der Waals surface area contributed by atoms with Crippen molar-refractivity contribution in [1.82, 2.24) is 0 Å². The van der Waals surface area contributed by atoms with Crippen molar-refractivity contribution >= 4 is 17.5 Å². The smallest absolute Gasteiger partial charge is 0.250 e. The van der Waals surface area contributed by atoms with Gasteiger partial charge in [0.15, 0.2) is 0 Å². The number of rotatable bonds is 3. The Hall–Kier alpha value is -1.84. The highest BCUT2D eigenvalue weighted by molar-refractivity contribution is 6.03. The van der Waals surface area contributed by atoms with Crippen LogP contribution >= 0.6 is 0 Å². The Kier molecular flexibility index (Phi) is 2.41. The van der Waals surface area contributed by atoms with Gasteiger partial charge in [0.2, 0.25) is 5.91 Å². The van der Waals surface area contributed by atoms with E-state index in [1.807, 2.05) is 0 Å². The van der Waals surface area contributed by atoms with E-state index < -0.39 is 5.91 Å². The number of anilines is 1. The third-order valence-electron chi connectivity index (χ3n) is 2.40. The zero-order valence-electron chi connectivity index (χ0n) is 8.19. The van der Waals surface area contributed by atoms with E-state index >= 15 is 0 Å². The van der Waals surface area contributed by atoms with Crippen LogP contribution < -0.4 is 11.1 Å². The van der Waals surface area contributed by atoms with Crippen LogP contribution in [0.5, 0.6) is 0 Å². The molecular weight excluding hydrogens is 192 g/mol. The number of hydrogen-bond donors (Lipinski definition) is 2. The summed E-state index contributed by atoms with van der Waals surface area (Å²) in [5, 5.41) is 2.71. The van der Waals surface area contributed by atoms with Crippen molar-refractivity contribution in [1.29, 1.82) is 0 Å². The second-order valence-corrected chi connectivity index (χ2v) is 3.67. The summed E-state index contributed by atoms with van der Waals surface area (Å²) >= 11 is 0. The Morgan fingerprint density at radius 1 is 1.27 bits per heavy atom. The van der Waals surface area contributed by atoms with Crippen molar-refractivity contribution in [2.45, 2.75) is 12.8 Å². The summed E-state index contributed by atoms with van der Waals surface area (Å²) in [5.41, 5.74) is 6.05. The first-order chi connectivity index (χ1) is 7.18. The maximum atomic E-state index is 11.5. The summed E-state index contributed by atoms with van der Waals surface area (Å²) in [5.74, 6) is -0.434. The van der Waals surface area contributed by atoms with Crippen molar-refractivity contribution in [2.75, 3.05) is 5.32 Å². The van der Waals surface area contributed by atoms with Crippen molar-refractivity contribution in [2.24, 2.45) is 11.7 Å². The monoisotopic (exact) mass is 204 g/mol. The Bertz CT molecular complexity index is 411. The van der Waals surface area contributed by atoms with Gasteiger partial charge < -0.3 is 11.1 Å². The predicted molar refractivity (Wildman–Crippen MR) is 56.3 cm³/mol. The molecule has 15 heavy (non-hydrogen) atoms. The second-order valence-electron chi connectivity index (χ2n) is 3.67. The van der Waals surface area contributed by atoms with Crippen LogP contribution in [-0.2, 0) is 4.79 Å². The third-order valence-corrected chi connectivity index (χ3v) is 2.40. The summed E-state index contributed by atoms with van der Waals surface area (Å²) < 4.78 is 0. The van der Waals surface area contributed by atoms with Gasteiger partial charge in [0.05, 0.1) is 11.3 Å². The van der Waals surface area contributed by atoms with Gasteiger partial charge in [0.1, 0.15) is 0 Å². The number of nitrogens with two attached hydrogens (primary N) is 1. The summed E-state index contributed by atoms with van der Waals surface area (Å²) in [7, 11) is 0. The van der Waals surface area contributed by atoms with Gasteiger partial charge in [-0.15, -0.1) is 0 Å². The molecule has 1 aliphatic carbocycles. The summed E-state index contributed by atoms with van der Waals surface area (Å²) in [4.78, 5) is 22.5. The fraction of sp³-hybridized carbons (Fsp3) is 0.273. The molecule has 1 fully saturated rings. The number of nitrogens with one attached hydrogen (secondary N) is 1. The molecule has 0 radical (unpaired) electrons. The van der Waals surface area contributed by atoms with E-state index in [1.165, 1.54) is 0 Å². The fourth-order valence-electron chi connectivity index (χ4n) is 1.39. The first kappa shape index (κ1) is 9.71. The van der Waals surface area contributed by atoms with Crippen molar-refractivity contribution < 1.29 is 9.59 Å². The number of amides is 2. The first-order valence-corrected chi connectivity index (χ1v) is 4.88. The lowest BCUT2D eigenvalue weighted by Crippen LogP contribution is -2.18. The molecule has 0 heterocycles. The zero-order chi connectivity index (χ0) is 10.8. The first-order valence-electron chi connectivity index (χ1n) is 4.88. The van der Waals surface area contributed by atoms with Crippen LogP contribution in [0.1, 0.15) is 23.2 Å². The number of para-hydroxylation sites is 1. The van der Waals surface area contributed by atoms with E-state index in [9.17, 15) is 9.59 Å². The number of benzene rings is 1. The summed E-state index contributed by atoms with van der Waals surface area (Å²) in [6.07, 6.45) is 1.87. The van der Waals surface area contributed by atoms with Gasteiger partial charge in [-0.25, -0.2) is 0 Å². The molecule has 0 atom stereocenters. The molecule has 0 unspecified atom stereocenters. The van der Waals surface area contributed by atoms with E-state index in [0.717, 1.165) is 12.8 Å². The standard InChI is InChI=1S/C11H12N2O2/c12-10(14)8-3-1-2-4-9(8)13-11(15)7-5-6-7/h1-4,7H,5-6H2,(H2,12,14)(H,13,15). The summed E-state index contributed by atoms with van der Waals surface area (Å²) in [6.45, 7) is 0. The molecular formula is C11H12N2O2. The Labute approximate surface area is 87.5 Å². The normalized spacial score (nSPS) is 14.7. The quantitative estimate of drug-likeness (QED) is 0.774. The highest BCUT2D eigenvalue weighted by Gasteiger charge is 2.30. The molecule has 1 saturated carbocycles. The van der Waals surface area contributed by atoms with Crippen molar-refractivity contribution in [3.05, 3.63) is 29.8 Å². The van der Waals surface area contributed by atoms with E-state index in [1.54, 1.807) is 24.3 Å². The second kappa shape index (κ2) is 3.73. The molecule has 1 aromatic rings. The largest absolute Gasteiger partial charge is 0.366 e. The lowest BCUT2D eigenvalue weighted by Gasteiger charge is -2.07. The van der Waals surface area contributed by atoms with Gasteiger partial charge in [0, 0.05) is 5.92 Å². The molecule has 0 aliphatic heterocycles. The molecule has 2 rings (SSSR count). The maximum Gasteiger partial charge on any atom is 0.250 e. The lowest BCUT2D eigenvalue weighted by molar-refractivity contribution is -0.117. The minimum atomic E-state index is -0.526. The van der Waals surface area contributed by atoms with Gasteiger partial charge in [-0.3, -0.25) is 9.59 Å². The van der Waals surface area contributed by atoms with Crippen LogP contribution in [-0.4, -0.2) is 11.8 Å². The van der Waals surface area contributed by atoms with Gasteiger partial charge in [-0.05, 0) is 25.0 Å². The van der Waals surface area contributed by atoms with E-state index in [-0.39, 0.29) is 11.8 Å². The molecule has 0 saturated heterocycles. The van der Waals surface area contributed by atoms with Crippen molar-refractivity contribution in [3.8, 4) is 0 Å². The highest BCUT2D eigenvalue weighted by atomic mass is 16.2. The molecule has 78 valence electrons. The number of carbonyl (C=O) groups is 2. The topological polar surface area (TPSA) is 72.2 Å². The van der Waals surface area contributed by atoms with Gasteiger partial charge >= 0.3 is 0 Å². The number of carbonyl (C=O) groups excluding carboxylic acids is 2. The molecule has 1 aromatic carbocycles. The minimum Gasteiger partial charge on any atom is -0.366 e. The lowest BCUT2D eigenvalue weighted by atomic mass is 10.1. The summed E-state index contributed by atoms with van der Waals surface area (Å²) in [6, 6.07) is 6.76. The molecule has 3 N–H and O–H groups in total. The Morgan fingerprint density at radius 2 is 1.93 bits per heavy atom. The third kappa shape index (κ3) is 2.15. The molecule has 4 heteroatoms. The minimum absolute atomic E-state index is 0.0244. The molecule has 1 aliphatic rings. The van der Waals surface area contributed by atoms with E-state index in [0.29, 0.717) is 11.3 Å². The molecule has 0 aromatic heterocycles. The molecule has 4 nitrogen and oxygen atoms in total. The molecule has 2 amide bonds. The van der Waals surface area contributed by atoms with E-state index in [4.69, 9.17) is 5.73 Å². The van der Waals surface area contributed by atoms with E-state index in [2.05, 4.69) is 5.32 Å². The molecule has 0 spiro atoms. The highest BCUT2D eigenvalue weighted by Crippen LogP contribution is 2.30. The van der Waals surface area contributed by atoms with Crippen LogP contribution in [0.15, 0.2) is 24.3 Å². The Morgan fingerprint density at radius 3 is 2.53 bits per heavy atom. The van der Waals surface area contributed by atoms with Crippen LogP contribution in [0.4, 0.5) is 5.69 Å². The SMILES string of the molecule is NC(=O)c1ccccc1NC(=O)C1CC1. The van der Waals surface area contributed by atoms with Crippen LogP contribution in [0.25, 0.3) is 0 Å². The molecule has 0 bridgehead atoms. The predicted octanol–water partition coefficient (Wildman–Crippen LogP) is 1.13. The average Bonchev–Trinajstić information content (AvgIpc) is 3.01. The zero-order valence-corrected chi connectivity index (χ0v) is 8.19. The maximum absolute atomic E-state index is 11.5. The average molecular weight is 204 g/mol. The van der Waals surface area contributed by atoms with Gasteiger partial charge in [-0.1, -0.05) is 12.1 Å². The number of primary amides is 1. The van der Waals surface area contributed by atoms with Gasteiger partial charge in [0.25, 0.3) is 5.91 Å². The Balaban J connectivity index is 2.19. The van der Waals surface area contributed by atoms with Crippen LogP contribution in [0, 0.1) is 5.92 Å². The van der Waals surface area contributed by atoms with Crippen LogP contribution in [0.2, 0.25) is 0 Å². The fourth-order valence-corrected chi connectivity index (χ4v) is 1.39. The van der Waals surface area contributed by atoms with Crippen molar-refractivity contribution in [3.63, 3.8) is 0 Å². The van der Waals surface area contributed by atoms with Gasteiger partial charge in [-0.2, -0.15) is 0 Å². The van der Waals surface area contributed by atoms with Crippen LogP contribution in [0.3, 0.4) is 0 Å². The number of hydrogen-bond acceptors (Lipinski definition) is 2.